The maximum atomic E-state index is 12.1. The number of rotatable bonds is 3. The number of hydrogen-bond acceptors (Lipinski definition) is 3. The quantitative estimate of drug-likeness (QED) is 0.787. The van der Waals surface area contributed by atoms with Crippen LogP contribution in [0.4, 0.5) is 8.78 Å². The molecule has 0 aliphatic heterocycles. The lowest BCUT2D eigenvalue weighted by Crippen LogP contribution is -2.08. The highest BCUT2D eigenvalue weighted by molar-refractivity contribution is 5.46. The molecule has 0 aliphatic carbocycles. The van der Waals surface area contributed by atoms with Gasteiger partial charge in [0.05, 0.1) is 7.11 Å². The lowest BCUT2D eigenvalue weighted by atomic mass is 10.1. The molecular formula is C9H10F2O3. The van der Waals surface area contributed by atoms with Crippen molar-refractivity contribution in [1.82, 2.24) is 0 Å². The molecule has 5 heteroatoms. The van der Waals surface area contributed by atoms with E-state index in [1.54, 1.807) is 0 Å². The minimum Gasteiger partial charge on any atom is -0.504 e. The average molecular weight is 204 g/mol. The lowest BCUT2D eigenvalue weighted by molar-refractivity contribution is -0.00712. The fraction of sp³-hybridized carbons (Fsp3) is 0.333. The molecule has 0 saturated carbocycles. The second kappa shape index (κ2) is 4.23. The van der Waals surface area contributed by atoms with Crippen LogP contribution in [-0.2, 0) is 0 Å². The topological polar surface area (TPSA) is 49.7 Å². The molecule has 0 heterocycles. The van der Waals surface area contributed by atoms with Crippen LogP contribution in [0, 0.1) is 0 Å². The molecule has 0 radical (unpaired) electrons. The monoisotopic (exact) mass is 204 g/mol. The summed E-state index contributed by atoms with van der Waals surface area (Å²) in [6.45, 7) is 0. The first-order chi connectivity index (χ1) is 6.57. The summed E-state index contributed by atoms with van der Waals surface area (Å²) in [4.78, 5) is 0. The van der Waals surface area contributed by atoms with E-state index in [4.69, 9.17) is 9.84 Å². The van der Waals surface area contributed by atoms with Crippen LogP contribution in [0.2, 0.25) is 0 Å². The summed E-state index contributed by atoms with van der Waals surface area (Å²) in [6.07, 6.45) is -4.93. The molecule has 0 bridgehead atoms. The van der Waals surface area contributed by atoms with Crippen molar-refractivity contribution in [3.8, 4) is 11.5 Å². The van der Waals surface area contributed by atoms with Crippen LogP contribution in [0.25, 0.3) is 0 Å². The Morgan fingerprint density at radius 1 is 1.36 bits per heavy atom. The van der Waals surface area contributed by atoms with Gasteiger partial charge in [-0.15, -0.1) is 0 Å². The van der Waals surface area contributed by atoms with Gasteiger partial charge in [0, 0.05) is 5.56 Å². The average Bonchev–Trinajstić information content (AvgIpc) is 2.17. The van der Waals surface area contributed by atoms with Crippen molar-refractivity contribution in [3.05, 3.63) is 23.8 Å². The number of phenolic OH excluding ortho intramolecular Hbond substituents is 1. The van der Waals surface area contributed by atoms with Crippen LogP contribution in [0.3, 0.4) is 0 Å². The second-order valence-electron chi connectivity index (χ2n) is 2.68. The molecule has 78 valence electrons. The summed E-state index contributed by atoms with van der Waals surface area (Å²) in [5, 5.41) is 18.4. The Labute approximate surface area is 79.6 Å². The number of methoxy groups -OCH3 is 1. The van der Waals surface area contributed by atoms with Gasteiger partial charge in [-0.3, -0.25) is 0 Å². The van der Waals surface area contributed by atoms with Crippen molar-refractivity contribution in [2.75, 3.05) is 7.11 Å². The molecule has 0 aromatic heterocycles. The van der Waals surface area contributed by atoms with Gasteiger partial charge < -0.3 is 14.9 Å². The predicted octanol–water partition coefficient (Wildman–Crippen LogP) is 1.70. The zero-order valence-corrected chi connectivity index (χ0v) is 7.45. The van der Waals surface area contributed by atoms with Gasteiger partial charge in [-0.2, -0.15) is 0 Å². The minimum atomic E-state index is -2.94. The van der Waals surface area contributed by atoms with Crippen molar-refractivity contribution >= 4 is 0 Å². The van der Waals surface area contributed by atoms with E-state index in [-0.39, 0.29) is 11.3 Å². The van der Waals surface area contributed by atoms with Gasteiger partial charge in [-0.1, -0.05) is 12.1 Å². The standard InChI is InChI=1S/C9H10F2O3/c1-14-6-4-2-3-5(7(6)12)8(13)9(10)11/h2-4,8-9,12-13H,1H3. The van der Waals surface area contributed by atoms with E-state index in [2.05, 4.69) is 0 Å². The maximum Gasteiger partial charge on any atom is 0.268 e. The number of alkyl halides is 2. The van der Waals surface area contributed by atoms with Crippen molar-refractivity contribution < 1.29 is 23.7 Å². The fourth-order valence-corrected chi connectivity index (χ4v) is 1.08. The SMILES string of the molecule is COc1cccc(C(O)C(F)F)c1O. The number of para-hydroxylation sites is 1. The summed E-state index contributed by atoms with van der Waals surface area (Å²) < 4.78 is 29.0. The molecule has 0 amide bonds. The summed E-state index contributed by atoms with van der Waals surface area (Å²) in [5.41, 5.74) is -0.237. The largest absolute Gasteiger partial charge is 0.504 e. The Morgan fingerprint density at radius 2 is 2.00 bits per heavy atom. The van der Waals surface area contributed by atoms with Crippen molar-refractivity contribution in [2.45, 2.75) is 12.5 Å². The number of aromatic hydroxyl groups is 1. The molecule has 2 N–H and O–H groups in total. The fourth-order valence-electron chi connectivity index (χ4n) is 1.08. The Bertz CT molecular complexity index is 315. The molecular weight excluding hydrogens is 194 g/mol. The van der Waals surface area contributed by atoms with Gasteiger partial charge >= 0.3 is 0 Å². The van der Waals surface area contributed by atoms with Crippen molar-refractivity contribution in [1.29, 1.82) is 0 Å². The summed E-state index contributed by atoms with van der Waals surface area (Å²) in [6, 6.07) is 4.05. The minimum absolute atomic E-state index is 0.0576. The van der Waals surface area contributed by atoms with Gasteiger partial charge in [0.25, 0.3) is 6.43 Å². The van der Waals surface area contributed by atoms with E-state index in [0.29, 0.717) is 0 Å². The van der Waals surface area contributed by atoms with Gasteiger partial charge in [0.15, 0.2) is 11.5 Å². The van der Waals surface area contributed by atoms with E-state index >= 15 is 0 Å². The number of hydrogen-bond donors (Lipinski definition) is 2. The van der Waals surface area contributed by atoms with Gasteiger partial charge in [-0.05, 0) is 6.07 Å². The third-order valence-corrected chi connectivity index (χ3v) is 1.81. The molecule has 1 unspecified atom stereocenters. The Morgan fingerprint density at radius 3 is 2.50 bits per heavy atom. The van der Waals surface area contributed by atoms with E-state index in [1.165, 1.54) is 25.3 Å². The summed E-state index contributed by atoms with van der Waals surface area (Å²) >= 11 is 0. The first kappa shape index (κ1) is 10.7. The molecule has 0 aliphatic rings. The Balaban J connectivity index is 3.09. The third-order valence-electron chi connectivity index (χ3n) is 1.81. The molecule has 1 rings (SSSR count). The first-order valence-corrected chi connectivity index (χ1v) is 3.90. The number of aliphatic hydroxyl groups is 1. The van der Waals surface area contributed by atoms with Crippen LogP contribution >= 0.6 is 0 Å². The Hall–Kier alpha value is -1.36. The highest BCUT2D eigenvalue weighted by Crippen LogP contribution is 2.35. The van der Waals surface area contributed by atoms with Crippen LogP contribution < -0.4 is 4.74 Å². The van der Waals surface area contributed by atoms with E-state index in [0.717, 1.165) is 0 Å². The number of benzene rings is 1. The van der Waals surface area contributed by atoms with Crippen LogP contribution in [-0.4, -0.2) is 23.7 Å². The van der Waals surface area contributed by atoms with Crippen LogP contribution in [0.1, 0.15) is 11.7 Å². The number of aliphatic hydroxyl groups excluding tert-OH is 1. The predicted molar refractivity (Wildman–Crippen MR) is 45.6 cm³/mol. The zero-order chi connectivity index (χ0) is 10.7. The molecule has 0 saturated heterocycles. The molecule has 0 fully saturated rings. The first-order valence-electron chi connectivity index (χ1n) is 3.90. The van der Waals surface area contributed by atoms with E-state index < -0.39 is 18.3 Å². The van der Waals surface area contributed by atoms with E-state index in [1.807, 2.05) is 0 Å². The second-order valence-corrected chi connectivity index (χ2v) is 2.68. The zero-order valence-electron chi connectivity index (χ0n) is 7.45. The van der Waals surface area contributed by atoms with Gasteiger partial charge in [0.2, 0.25) is 0 Å². The van der Waals surface area contributed by atoms with Gasteiger partial charge in [-0.25, -0.2) is 8.78 Å². The van der Waals surface area contributed by atoms with Crippen LogP contribution in [0.15, 0.2) is 18.2 Å². The number of halogens is 2. The summed E-state index contributed by atoms with van der Waals surface area (Å²) in [7, 11) is 1.30. The highest BCUT2D eigenvalue weighted by atomic mass is 19.3. The Kier molecular flexibility index (Phi) is 3.24. The molecule has 1 atom stereocenters. The lowest BCUT2D eigenvalue weighted by Gasteiger charge is -2.13. The van der Waals surface area contributed by atoms with E-state index in [9.17, 15) is 13.9 Å². The molecule has 0 spiro atoms. The highest BCUT2D eigenvalue weighted by Gasteiger charge is 2.23. The molecule has 14 heavy (non-hydrogen) atoms. The maximum absolute atomic E-state index is 12.1. The third kappa shape index (κ3) is 1.93. The van der Waals surface area contributed by atoms with Crippen molar-refractivity contribution in [3.63, 3.8) is 0 Å². The number of phenols is 1. The smallest absolute Gasteiger partial charge is 0.268 e. The molecule has 1 aromatic carbocycles. The number of ether oxygens (including phenoxy) is 1. The van der Waals surface area contributed by atoms with Gasteiger partial charge in [0.1, 0.15) is 6.10 Å². The van der Waals surface area contributed by atoms with Crippen LogP contribution in [0.5, 0.6) is 11.5 Å². The molecule has 1 aromatic rings. The molecule has 3 nitrogen and oxygen atoms in total. The normalized spacial score (nSPS) is 12.9. The van der Waals surface area contributed by atoms with Crippen molar-refractivity contribution in [2.24, 2.45) is 0 Å². The summed E-state index contributed by atoms with van der Waals surface area (Å²) in [5.74, 6) is -0.398.